The lowest BCUT2D eigenvalue weighted by Crippen LogP contribution is -2.29. The van der Waals surface area contributed by atoms with Gasteiger partial charge in [-0.3, -0.25) is 0 Å². The molecule has 1 aliphatic rings. The smallest absolute Gasteiger partial charge is 0.240 e. The average Bonchev–Trinajstić information content (AvgIpc) is 2.83. The zero-order chi connectivity index (χ0) is 13.2. The molecule has 1 fully saturated rings. The maximum Gasteiger partial charge on any atom is 0.240 e. The first-order chi connectivity index (χ1) is 8.49. The molecule has 0 bridgehead atoms. The average molecular weight is 291 g/mol. The third-order valence-electron chi connectivity index (χ3n) is 2.87. The number of rotatable bonds is 4. The minimum absolute atomic E-state index is 0.126. The first kappa shape index (κ1) is 13.6. The molecule has 2 rings (SSSR count). The van der Waals surface area contributed by atoms with Crippen molar-refractivity contribution in [2.45, 2.75) is 11.3 Å². The number of nitrogens with two attached hydrogens (primary N) is 1. The van der Waals surface area contributed by atoms with Crippen LogP contribution in [0.15, 0.2) is 23.1 Å². The van der Waals surface area contributed by atoms with Crippen molar-refractivity contribution < 1.29 is 13.2 Å². The second-order valence-electron chi connectivity index (χ2n) is 4.26. The quantitative estimate of drug-likeness (QED) is 0.818. The number of sulfonamides is 1. The summed E-state index contributed by atoms with van der Waals surface area (Å²) in [5.41, 5.74) is 5.90. The molecule has 1 aromatic carbocycles. The summed E-state index contributed by atoms with van der Waals surface area (Å²) < 4.78 is 31.7. The highest BCUT2D eigenvalue weighted by Gasteiger charge is 2.20. The molecule has 1 atom stereocenters. The van der Waals surface area contributed by atoms with Crippen LogP contribution in [0, 0.1) is 5.92 Å². The van der Waals surface area contributed by atoms with Crippen LogP contribution in [0.3, 0.4) is 0 Å². The minimum Gasteiger partial charge on any atom is -0.398 e. The van der Waals surface area contributed by atoms with Gasteiger partial charge in [0.1, 0.15) is 0 Å². The molecule has 100 valence electrons. The number of benzene rings is 1. The standard InChI is InChI=1S/C11H15ClN2O3S/c12-10-5-9(1-2-11(10)13)18(15,16)14-6-8-3-4-17-7-8/h1-2,5,8,14H,3-4,6-7,13H2. The van der Waals surface area contributed by atoms with Gasteiger partial charge in [0.05, 0.1) is 22.2 Å². The summed E-state index contributed by atoms with van der Waals surface area (Å²) in [6, 6.07) is 4.27. The molecule has 1 heterocycles. The Morgan fingerprint density at radius 2 is 2.28 bits per heavy atom. The molecule has 5 nitrogen and oxygen atoms in total. The molecule has 1 aliphatic heterocycles. The Labute approximate surface area is 111 Å². The van der Waals surface area contributed by atoms with Crippen LogP contribution in [0.25, 0.3) is 0 Å². The first-order valence-corrected chi connectivity index (χ1v) is 7.47. The molecule has 1 saturated heterocycles. The third kappa shape index (κ3) is 3.14. The molecular weight excluding hydrogens is 276 g/mol. The van der Waals surface area contributed by atoms with Crippen LogP contribution >= 0.6 is 11.6 Å². The van der Waals surface area contributed by atoms with Gasteiger partial charge >= 0.3 is 0 Å². The molecule has 1 aromatic rings. The molecule has 0 aliphatic carbocycles. The Balaban J connectivity index is 2.07. The zero-order valence-electron chi connectivity index (χ0n) is 9.73. The Bertz CT molecular complexity index is 527. The summed E-state index contributed by atoms with van der Waals surface area (Å²) in [6.45, 7) is 1.68. The summed E-state index contributed by atoms with van der Waals surface area (Å²) in [7, 11) is -3.53. The van der Waals surface area contributed by atoms with Gasteiger partial charge in [0.25, 0.3) is 0 Å². The van der Waals surface area contributed by atoms with Crippen molar-refractivity contribution in [3.05, 3.63) is 23.2 Å². The van der Waals surface area contributed by atoms with E-state index in [0.29, 0.717) is 25.4 Å². The van der Waals surface area contributed by atoms with Crippen molar-refractivity contribution in [2.75, 3.05) is 25.5 Å². The minimum atomic E-state index is -3.53. The molecule has 1 unspecified atom stereocenters. The molecule has 0 aromatic heterocycles. The van der Waals surface area contributed by atoms with Crippen molar-refractivity contribution >= 4 is 27.3 Å². The van der Waals surface area contributed by atoms with E-state index in [-0.39, 0.29) is 15.8 Å². The SMILES string of the molecule is Nc1ccc(S(=O)(=O)NCC2CCOC2)cc1Cl. The summed E-state index contributed by atoms with van der Waals surface area (Å²) in [5, 5.41) is 0.238. The van der Waals surface area contributed by atoms with Gasteiger partial charge in [0, 0.05) is 13.2 Å². The van der Waals surface area contributed by atoms with Gasteiger partial charge in [0.15, 0.2) is 0 Å². The van der Waals surface area contributed by atoms with E-state index in [9.17, 15) is 8.42 Å². The van der Waals surface area contributed by atoms with Crippen molar-refractivity contribution in [3.8, 4) is 0 Å². The van der Waals surface area contributed by atoms with E-state index in [2.05, 4.69) is 4.72 Å². The Kier molecular flexibility index (Phi) is 4.11. The number of anilines is 1. The van der Waals surface area contributed by atoms with E-state index in [1.54, 1.807) is 0 Å². The monoisotopic (exact) mass is 290 g/mol. The van der Waals surface area contributed by atoms with Crippen molar-refractivity contribution in [1.29, 1.82) is 0 Å². The number of hydrogen-bond acceptors (Lipinski definition) is 4. The van der Waals surface area contributed by atoms with Gasteiger partial charge in [-0.05, 0) is 30.5 Å². The summed E-state index contributed by atoms with van der Waals surface area (Å²) >= 11 is 5.81. The fraction of sp³-hybridized carbons (Fsp3) is 0.455. The second kappa shape index (κ2) is 5.44. The van der Waals surface area contributed by atoms with Crippen LogP contribution < -0.4 is 10.5 Å². The highest BCUT2D eigenvalue weighted by atomic mass is 35.5. The number of hydrogen-bond donors (Lipinski definition) is 2. The summed E-state index contributed by atoms with van der Waals surface area (Å²) in [6.07, 6.45) is 0.880. The van der Waals surface area contributed by atoms with E-state index < -0.39 is 10.0 Å². The number of halogens is 1. The van der Waals surface area contributed by atoms with Crippen LogP contribution in [-0.4, -0.2) is 28.2 Å². The highest BCUT2D eigenvalue weighted by molar-refractivity contribution is 7.89. The molecule has 3 N–H and O–H groups in total. The van der Waals surface area contributed by atoms with E-state index in [1.165, 1.54) is 18.2 Å². The predicted octanol–water partition coefficient (Wildman–Crippen LogP) is 1.24. The van der Waals surface area contributed by atoms with Crippen LogP contribution in [-0.2, 0) is 14.8 Å². The topological polar surface area (TPSA) is 81.4 Å². The van der Waals surface area contributed by atoms with Crippen LogP contribution in [0.4, 0.5) is 5.69 Å². The Morgan fingerprint density at radius 3 is 2.89 bits per heavy atom. The normalized spacial score (nSPS) is 20.2. The fourth-order valence-corrected chi connectivity index (χ4v) is 3.12. The van der Waals surface area contributed by atoms with E-state index >= 15 is 0 Å². The van der Waals surface area contributed by atoms with Gasteiger partial charge in [-0.2, -0.15) is 0 Å². The summed E-state index contributed by atoms with van der Waals surface area (Å²) in [5.74, 6) is 0.240. The lowest BCUT2D eigenvalue weighted by atomic mass is 10.1. The Morgan fingerprint density at radius 1 is 1.50 bits per heavy atom. The predicted molar refractivity (Wildman–Crippen MR) is 70.0 cm³/mol. The van der Waals surface area contributed by atoms with E-state index in [0.717, 1.165) is 6.42 Å². The molecular formula is C11H15ClN2O3S. The zero-order valence-corrected chi connectivity index (χ0v) is 11.3. The molecule has 18 heavy (non-hydrogen) atoms. The summed E-state index contributed by atoms with van der Waals surface area (Å²) in [4.78, 5) is 0.126. The fourth-order valence-electron chi connectivity index (χ4n) is 1.73. The van der Waals surface area contributed by atoms with E-state index in [4.69, 9.17) is 22.1 Å². The van der Waals surface area contributed by atoms with Crippen LogP contribution in [0.5, 0.6) is 0 Å². The largest absolute Gasteiger partial charge is 0.398 e. The van der Waals surface area contributed by atoms with Crippen molar-refractivity contribution in [1.82, 2.24) is 4.72 Å². The van der Waals surface area contributed by atoms with Crippen molar-refractivity contribution in [3.63, 3.8) is 0 Å². The number of ether oxygens (including phenoxy) is 1. The van der Waals surface area contributed by atoms with Crippen LogP contribution in [0.1, 0.15) is 6.42 Å². The lowest BCUT2D eigenvalue weighted by molar-refractivity contribution is 0.186. The maximum absolute atomic E-state index is 12.0. The number of nitrogens with one attached hydrogen (secondary N) is 1. The van der Waals surface area contributed by atoms with Gasteiger partial charge in [-0.1, -0.05) is 11.6 Å². The molecule has 0 amide bonds. The van der Waals surface area contributed by atoms with Crippen molar-refractivity contribution in [2.24, 2.45) is 5.92 Å². The molecule has 0 saturated carbocycles. The van der Waals surface area contributed by atoms with Crippen LogP contribution in [0.2, 0.25) is 5.02 Å². The molecule has 0 spiro atoms. The van der Waals surface area contributed by atoms with Gasteiger partial charge in [-0.25, -0.2) is 13.1 Å². The lowest BCUT2D eigenvalue weighted by Gasteiger charge is -2.10. The molecule has 0 radical (unpaired) electrons. The van der Waals surface area contributed by atoms with Gasteiger partial charge in [0.2, 0.25) is 10.0 Å². The maximum atomic E-state index is 12.0. The van der Waals surface area contributed by atoms with Gasteiger partial charge < -0.3 is 10.5 Å². The van der Waals surface area contributed by atoms with E-state index in [1.807, 2.05) is 0 Å². The number of nitrogen functional groups attached to an aromatic ring is 1. The highest BCUT2D eigenvalue weighted by Crippen LogP contribution is 2.22. The Hall–Kier alpha value is -0.820. The third-order valence-corrected chi connectivity index (χ3v) is 4.62. The van der Waals surface area contributed by atoms with Gasteiger partial charge in [-0.15, -0.1) is 0 Å². The molecule has 7 heteroatoms. The second-order valence-corrected chi connectivity index (χ2v) is 6.44. The first-order valence-electron chi connectivity index (χ1n) is 5.61.